The van der Waals surface area contributed by atoms with Crippen molar-refractivity contribution in [3.8, 4) is 0 Å². The van der Waals surface area contributed by atoms with Crippen molar-refractivity contribution in [2.45, 2.75) is 0 Å². The van der Waals surface area contributed by atoms with E-state index in [1.54, 1.807) is 6.33 Å². The zero-order chi connectivity index (χ0) is 11.5. The molecule has 0 spiro atoms. The summed E-state index contributed by atoms with van der Waals surface area (Å²) in [5, 5.41) is 0. The van der Waals surface area contributed by atoms with Crippen LogP contribution in [0.1, 0.15) is 0 Å². The van der Waals surface area contributed by atoms with E-state index in [9.17, 15) is 0 Å². The number of morpholine rings is 1. The van der Waals surface area contributed by atoms with Gasteiger partial charge >= 0.3 is 0 Å². The molecule has 16 heavy (non-hydrogen) atoms. The Morgan fingerprint density at radius 1 is 1.31 bits per heavy atom. The van der Waals surface area contributed by atoms with Gasteiger partial charge in [0.1, 0.15) is 12.0 Å². The summed E-state index contributed by atoms with van der Waals surface area (Å²) in [5.41, 5.74) is 6.70. The van der Waals surface area contributed by atoms with Gasteiger partial charge in [-0.05, 0) is 0 Å². The minimum Gasteiger partial charge on any atom is -0.393 e. The summed E-state index contributed by atoms with van der Waals surface area (Å²) in [6.07, 6.45) is 1.55. The van der Waals surface area contributed by atoms with Crippen molar-refractivity contribution in [3.05, 3.63) is 6.33 Å². The van der Waals surface area contributed by atoms with Gasteiger partial charge in [0.2, 0.25) is 0 Å². The standard InChI is InChI=1S/C10H17N5O/c1-14(2)9-8(11)10(13-7-12-9)15-3-5-16-6-4-15/h7H,3-6,11H2,1-2H3. The van der Waals surface area contributed by atoms with Crippen LogP contribution in [0.5, 0.6) is 0 Å². The first kappa shape index (κ1) is 10.9. The first-order valence-corrected chi connectivity index (χ1v) is 5.30. The second kappa shape index (κ2) is 4.52. The average molecular weight is 223 g/mol. The number of nitrogens with two attached hydrogens (primary N) is 1. The second-order valence-electron chi connectivity index (χ2n) is 3.93. The molecule has 1 aliphatic rings. The number of hydrogen-bond acceptors (Lipinski definition) is 6. The largest absolute Gasteiger partial charge is 0.393 e. The van der Waals surface area contributed by atoms with Crippen LogP contribution in [0.25, 0.3) is 0 Å². The lowest BCUT2D eigenvalue weighted by atomic mass is 10.3. The summed E-state index contributed by atoms with van der Waals surface area (Å²) in [4.78, 5) is 12.4. The van der Waals surface area contributed by atoms with Gasteiger partial charge in [-0.25, -0.2) is 9.97 Å². The molecule has 2 N–H and O–H groups in total. The number of hydrogen-bond donors (Lipinski definition) is 1. The highest BCUT2D eigenvalue weighted by Gasteiger charge is 2.18. The predicted octanol–water partition coefficient (Wildman–Crippen LogP) is -0.0386. The van der Waals surface area contributed by atoms with Crippen LogP contribution in [0.2, 0.25) is 0 Å². The van der Waals surface area contributed by atoms with Gasteiger partial charge in [0, 0.05) is 27.2 Å². The normalized spacial score (nSPS) is 16.2. The minimum absolute atomic E-state index is 0.634. The number of nitrogen functional groups attached to an aromatic ring is 1. The van der Waals surface area contributed by atoms with E-state index in [2.05, 4.69) is 14.9 Å². The molecule has 0 aromatic carbocycles. The fourth-order valence-electron chi connectivity index (χ4n) is 1.76. The van der Waals surface area contributed by atoms with Crippen LogP contribution >= 0.6 is 0 Å². The number of ether oxygens (including phenoxy) is 1. The summed E-state index contributed by atoms with van der Waals surface area (Å²) in [6.45, 7) is 3.10. The topological polar surface area (TPSA) is 67.5 Å². The quantitative estimate of drug-likeness (QED) is 0.759. The van der Waals surface area contributed by atoms with Gasteiger partial charge in [-0.3, -0.25) is 0 Å². The Balaban J connectivity index is 2.29. The first-order chi connectivity index (χ1) is 7.70. The molecule has 6 nitrogen and oxygen atoms in total. The summed E-state index contributed by atoms with van der Waals surface area (Å²) >= 11 is 0. The molecule has 0 unspecified atom stereocenters. The lowest BCUT2D eigenvalue weighted by molar-refractivity contribution is 0.122. The Labute approximate surface area is 95.0 Å². The van der Waals surface area contributed by atoms with Crippen molar-refractivity contribution in [1.82, 2.24) is 9.97 Å². The fraction of sp³-hybridized carbons (Fsp3) is 0.600. The molecule has 2 heterocycles. The minimum atomic E-state index is 0.634. The van der Waals surface area contributed by atoms with Gasteiger partial charge in [0.25, 0.3) is 0 Å². The molecule has 6 heteroatoms. The van der Waals surface area contributed by atoms with Gasteiger partial charge in [-0.2, -0.15) is 0 Å². The van der Waals surface area contributed by atoms with Crippen molar-refractivity contribution in [3.63, 3.8) is 0 Å². The molecular weight excluding hydrogens is 206 g/mol. The van der Waals surface area contributed by atoms with Gasteiger partial charge in [0.05, 0.1) is 13.2 Å². The third-order valence-electron chi connectivity index (χ3n) is 2.58. The lowest BCUT2D eigenvalue weighted by Crippen LogP contribution is -2.37. The van der Waals surface area contributed by atoms with E-state index in [0.717, 1.165) is 37.9 Å². The maximum absolute atomic E-state index is 6.07. The maximum Gasteiger partial charge on any atom is 0.157 e. The summed E-state index contributed by atoms with van der Waals surface area (Å²) < 4.78 is 5.30. The van der Waals surface area contributed by atoms with E-state index < -0.39 is 0 Å². The van der Waals surface area contributed by atoms with E-state index in [0.29, 0.717) is 5.69 Å². The molecule has 0 aliphatic carbocycles. The molecule has 0 atom stereocenters. The molecule has 1 aromatic heterocycles. The van der Waals surface area contributed by atoms with Gasteiger partial charge < -0.3 is 20.3 Å². The fourth-order valence-corrected chi connectivity index (χ4v) is 1.76. The van der Waals surface area contributed by atoms with Crippen LogP contribution in [0.3, 0.4) is 0 Å². The highest BCUT2D eigenvalue weighted by molar-refractivity contribution is 5.75. The summed E-state index contributed by atoms with van der Waals surface area (Å²) in [7, 11) is 3.84. The number of rotatable bonds is 2. The third-order valence-corrected chi connectivity index (χ3v) is 2.58. The van der Waals surface area contributed by atoms with Crippen LogP contribution < -0.4 is 15.5 Å². The second-order valence-corrected chi connectivity index (χ2v) is 3.93. The SMILES string of the molecule is CN(C)c1ncnc(N2CCOCC2)c1N. The third kappa shape index (κ3) is 2.01. The van der Waals surface area contributed by atoms with Gasteiger partial charge in [0.15, 0.2) is 11.6 Å². The Hall–Kier alpha value is -1.56. The molecule has 0 radical (unpaired) electrons. The molecule has 0 bridgehead atoms. The molecule has 1 fully saturated rings. The Morgan fingerprint density at radius 2 is 2.00 bits per heavy atom. The van der Waals surface area contributed by atoms with Crippen molar-refractivity contribution in [2.24, 2.45) is 0 Å². The van der Waals surface area contributed by atoms with Crippen LogP contribution in [0.4, 0.5) is 17.3 Å². The van der Waals surface area contributed by atoms with E-state index in [1.165, 1.54) is 0 Å². The van der Waals surface area contributed by atoms with Crippen LogP contribution in [-0.2, 0) is 4.74 Å². The maximum atomic E-state index is 6.07. The van der Waals surface area contributed by atoms with E-state index in [1.807, 2.05) is 19.0 Å². The highest BCUT2D eigenvalue weighted by atomic mass is 16.5. The van der Waals surface area contributed by atoms with Crippen molar-refractivity contribution < 1.29 is 4.74 Å². The smallest absolute Gasteiger partial charge is 0.157 e. The van der Waals surface area contributed by atoms with Gasteiger partial charge in [-0.15, -0.1) is 0 Å². The van der Waals surface area contributed by atoms with Crippen LogP contribution in [-0.4, -0.2) is 50.4 Å². The summed E-state index contributed by atoms with van der Waals surface area (Å²) in [5.74, 6) is 1.57. The van der Waals surface area contributed by atoms with Crippen molar-refractivity contribution in [2.75, 3.05) is 55.9 Å². The molecule has 2 rings (SSSR count). The first-order valence-electron chi connectivity index (χ1n) is 5.30. The van der Waals surface area contributed by atoms with Gasteiger partial charge in [-0.1, -0.05) is 0 Å². The zero-order valence-corrected chi connectivity index (χ0v) is 9.68. The Kier molecular flexibility index (Phi) is 3.09. The number of anilines is 3. The molecule has 1 aliphatic heterocycles. The molecule has 1 aromatic rings. The number of aromatic nitrogens is 2. The van der Waals surface area contributed by atoms with E-state index in [-0.39, 0.29) is 0 Å². The molecule has 1 saturated heterocycles. The van der Waals surface area contributed by atoms with Crippen molar-refractivity contribution >= 4 is 17.3 Å². The molecular formula is C10H17N5O. The lowest BCUT2D eigenvalue weighted by Gasteiger charge is -2.29. The molecule has 0 saturated carbocycles. The Bertz CT molecular complexity index is 362. The van der Waals surface area contributed by atoms with E-state index in [4.69, 9.17) is 10.5 Å². The predicted molar refractivity (Wildman–Crippen MR) is 63.8 cm³/mol. The summed E-state index contributed by atoms with van der Waals surface area (Å²) in [6, 6.07) is 0. The highest BCUT2D eigenvalue weighted by Crippen LogP contribution is 2.27. The van der Waals surface area contributed by atoms with Crippen LogP contribution in [0.15, 0.2) is 6.33 Å². The monoisotopic (exact) mass is 223 g/mol. The molecule has 88 valence electrons. The zero-order valence-electron chi connectivity index (χ0n) is 9.68. The van der Waals surface area contributed by atoms with E-state index >= 15 is 0 Å². The Morgan fingerprint density at radius 3 is 2.62 bits per heavy atom. The van der Waals surface area contributed by atoms with Crippen molar-refractivity contribution in [1.29, 1.82) is 0 Å². The van der Waals surface area contributed by atoms with Crippen LogP contribution in [0, 0.1) is 0 Å². The average Bonchev–Trinajstić information content (AvgIpc) is 2.30. The molecule has 0 amide bonds. The number of nitrogens with zero attached hydrogens (tertiary/aromatic N) is 4.